The summed E-state index contributed by atoms with van der Waals surface area (Å²) in [5, 5.41) is 14.5. The van der Waals surface area contributed by atoms with Gasteiger partial charge in [0.2, 0.25) is 5.91 Å². The number of amidine groups is 1. The van der Waals surface area contributed by atoms with Crippen molar-refractivity contribution in [2.75, 3.05) is 6.61 Å². The van der Waals surface area contributed by atoms with E-state index in [1.165, 1.54) is 0 Å². The monoisotopic (exact) mass is 241 g/mol. The highest BCUT2D eigenvalue weighted by molar-refractivity contribution is 5.90. The number of nitrogens with one attached hydrogen (secondary N) is 1. The van der Waals surface area contributed by atoms with Crippen LogP contribution in [-0.2, 0) is 9.53 Å². The van der Waals surface area contributed by atoms with Crippen LogP contribution in [0.1, 0.15) is 32.1 Å². The minimum Gasteiger partial charge on any atom is -0.409 e. The summed E-state index contributed by atoms with van der Waals surface area (Å²) in [6, 6.07) is -0.325. The number of nitrogens with two attached hydrogens (primary N) is 1. The van der Waals surface area contributed by atoms with E-state index >= 15 is 0 Å². The molecule has 2 fully saturated rings. The first-order valence-electron chi connectivity index (χ1n) is 6.09. The number of oxime groups is 1. The molecule has 1 amide bonds. The molecular weight excluding hydrogens is 222 g/mol. The molecule has 6 nitrogen and oxygen atoms in total. The zero-order valence-corrected chi connectivity index (χ0v) is 9.76. The van der Waals surface area contributed by atoms with E-state index in [-0.39, 0.29) is 23.9 Å². The molecule has 1 saturated carbocycles. The molecule has 0 aromatic rings. The minimum absolute atomic E-state index is 0.0298. The third-order valence-corrected chi connectivity index (χ3v) is 3.28. The normalized spacial score (nSPS) is 26.8. The highest BCUT2D eigenvalue weighted by atomic mass is 16.5. The molecule has 1 aliphatic carbocycles. The van der Waals surface area contributed by atoms with Gasteiger partial charge in [0, 0.05) is 6.61 Å². The van der Waals surface area contributed by atoms with Crippen LogP contribution in [0, 0.1) is 5.92 Å². The van der Waals surface area contributed by atoms with Crippen LogP contribution in [0.15, 0.2) is 5.16 Å². The van der Waals surface area contributed by atoms with Gasteiger partial charge in [0.15, 0.2) is 5.84 Å². The fraction of sp³-hybridized carbons (Fsp3) is 0.818. The molecule has 2 aliphatic rings. The van der Waals surface area contributed by atoms with Gasteiger partial charge >= 0.3 is 0 Å². The summed E-state index contributed by atoms with van der Waals surface area (Å²) in [6.07, 6.45) is 4.38. The van der Waals surface area contributed by atoms with E-state index in [4.69, 9.17) is 15.7 Å². The Labute approximate surface area is 100 Å². The Hall–Kier alpha value is -1.30. The first kappa shape index (κ1) is 12.2. The molecule has 0 spiro atoms. The lowest BCUT2D eigenvalue weighted by molar-refractivity contribution is -0.123. The molecule has 17 heavy (non-hydrogen) atoms. The van der Waals surface area contributed by atoms with Crippen molar-refractivity contribution in [2.24, 2.45) is 16.8 Å². The average molecular weight is 241 g/mol. The topological polar surface area (TPSA) is 96.9 Å². The van der Waals surface area contributed by atoms with Crippen LogP contribution in [0.4, 0.5) is 0 Å². The highest BCUT2D eigenvalue weighted by Gasteiger charge is 2.35. The third-order valence-electron chi connectivity index (χ3n) is 3.28. The second-order valence-electron chi connectivity index (χ2n) is 4.75. The third kappa shape index (κ3) is 3.33. The standard InChI is InChI=1S/C11H19N3O3/c12-11(14-16)10(7-3-4-7)13-9(15)6-8-2-1-5-17-8/h7-8,10,16H,1-6H2,(H2,12,14)(H,13,15). The summed E-state index contributed by atoms with van der Waals surface area (Å²) in [7, 11) is 0. The second-order valence-corrected chi connectivity index (χ2v) is 4.75. The van der Waals surface area contributed by atoms with Gasteiger partial charge in [0.25, 0.3) is 0 Å². The molecule has 2 atom stereocenters. The number of amides is 1. The molecule has 2 rings (SSSR count). The van der Waals surface area contributed by atoms with Gasteiger partial charge in [0.1, 0.15) is 0 Å². The van der Waals surface area contributed by atoms with E-state index in [0.717, 1.165) is 32.3 Å². The summed E-state index contributed by atoms with van der Waals surface area (Å²) in [5.74, 6) is 0.327. The predicted octanol–water partition coefficient (Wildman–Crippen LogP) is 0.197. The van der Waals surface area contributed by atoms with Crippen LogP contribution in [0.25, 0.3) is 0 Å². The lowest BCUT2D eigenvalue weighted by Gasteiger charge is -2.17. The van der Waals surface area contributed by atoms with E-state index in [9.17, 15) is 4.79 Å². The smallest absolute Gasteiger partial charge is 0.223 e. The Balaban J connectivity index is 1.82. The Bertz CT molecular complexity index is 309. The molecule has 0 bridgehead atoms. The fourth-order valence-corrected chi connectivity index (χ4v) is 2.17. The molecule has 1 aliphatic heterocycles. The van der Waals surface area contributed by atoms with Gasteiger partial charge in [-0.3, -0.25) is 4.79 Å². The first-order chi connectivity index (χ1) is 8.20. The summed E-state index contributed by atoms with van der Waals surface area (Å²) < 4.78 is 5.40. The number of carbonyl (C=O) groups excluding carboxylic acids is 1. The molecular formula is C11H19N3O3. The lowest BCUT2D eigenvalue weighted by Crippen LogP contribution is -2.46. The quantitative estimate of drug-likeness (QED) is 0.277. The van der Waals surface area contributed by atoms with E-state index < -0.39 is 0 Å². The Morgan fingerprint density at radius 1 is 1.53 bits per heavy atom. The Morgan fingerprint density at radius 2 is 2.29 bits per heavy atom. The van der Waals surface area contributed by atoms with Crippen LogP contribution < -0.4 is 11.1 Å². The van der Waals surface area contributed by atoms with Gasteiger partial charge in [0.05, 0.1) is 18.6 Å². The van der Waals surface area contributed by atoms with E-state index in [0.29, 0.717) is 12.3 Å². The first-order valence-corrected chi connectivity index (χ1v) is 6.09. The van der Waals surface area contributed by atoms with Crippen molar-refractivity contribution in [2.45, 2.75) is 44.2 Å². The summed E-state index contributed by atoms with van der Waals surface area (Å²) in [6.45, 7) is 0.740. The van der Waals surface area contributed by atoms with Crippen molar-refractivity contribution in [3.05, 3.63) is 0 Å². The molecule has 96 valence electrons. The van der Waals surface area contributed by atoms with Crippen molar-refractivity contribution < 1.29 is 14.7 Å². The second kappa shape index (κ2) is 5.35. The SMILES string of the molecule is NC(=NO)C(NC(=O)CC1CCCO1)C1CC1. The van der Waals surface area contributed by atoms with Crippen LogP contribution >= 0.6 is 0 Å². The van der Waals surface area contributed by atoms with Crippen molar-refractivity contribution >= 4 is 11.7 Å². The molecule has 0 radical (unpaired) electrons. The van der Waals surface area contributed by atoms with Crippen LogP contribution in [0.3, 0.4) is 0 Å². The zero-order chi connectivity index (χ0) is 12.3. The molecule has 1 heterocycles. The molecule has 4 N–H and O–H groups in total. The van der Waals surface area contributed by atoms with E-state index in [1.54, 1.807) is 0 Å². The fourth-order valence-electron chi connectivity index (χ4n) is 2.17. The van der Waals surface area contributed by atoms with Gasteiger partial charge in [-0.15, -0.1) is 0 Å². The number of hydrogen-bond donors (Lipinski definition) is 3. The predicted molar refractivity (Wildman–Crippen MR) is 61.7 cm³/mol. The zero-order valence-electron chi connectivity index (χ0n) is 9.76. The van der Waals surface area contributed by atoms with Gasteiger partial charge in [-0.1, -0.05) is 5.16 Å². The van der Waals surface area contributed by atoms with Crippen LogP contribution in [0.2, 0.25) is 0 Å². The lowest BCUT2D eigenvalue weighted by atomic mass is 10.1. The Morgan fingerprint density at radius 3 is 2.82 bits per heavy atom. The summed E-state index contributed by atoms with van der Waals surface area (Å²) in [5.41, 5.74) is 5.57. The van der Waals surface area contributed by atoms with Gasteiger partial charge in [-0.05, 0) is 31.6 Å². The number of hydrogen-bond acceptors (Lipinski definition) is 4. The number of carbonyl (C=O) groups is 1. The van der Waals surface area contributed by atoms with Gasteiger partial charge in [-0.2, -0.15) is 0 Å². The maximum absolute atomic E-state index is 11.8. The van der Waals surface area contributed by atoms with E-state index in [2.05, 4.69) is 10.5 Å². The minimum atomic E-state index is -0.325. The molecule has 1 saturated heterocycles. The largest absolute Gasteiger partial charge is 0.409 e. The van der Waals surface area contributed by atoms with Gasteiger partial charge < -0.3 is 21.0 Å². The maximum atomic E-state index is 11.8. The summed E-state index contributed by atoms with van der Waals surface area (Å²) in [4.78, 5) is 11.8. The van der Waals surface area contributed by atoms with Crippen molar-refractivity contribution in [1.82, 2.24) is 5.32 Å². The number of ether oxygens (including phenoxy) is 1. The summed E-state index contributed by atoms with van der Waals surface area (Å²) >= 11 is 0. The van der Waals surface area contributed by atoms with Crippen LogP contribution in [0.5, 0.6) is 0 Å². The van der Waals surface area contributed by atoms with Crippen molar-refractivity contribution in [3.63, 3.8) is 0 Å². The number of nitrogens with zero attached hydrogens (tertiary/aromatic N) is 1. The van der Waals surface area contributed by atoms with Crippen molar-refractivity contribution in [1.29, 1.82) is 0 Å². The maximum Gasteiger partial charge on any atom is 0.223 e. The van der Waals surface area contributed by atoms with Crippen LogP contribution in [-0.4, -0.2) is 35.7 Å². The number of rotatable bonds is 5. The Kier molecular flexibility index (Phi) is 3.83. The molecule has 6 heteroatoms. The average Bonchev–Trinajstić information content (AvgIpc) is 3.04. The molecule has 0 aromatic heterocycles. The highest BCUT2D eigenvalue weighted by Crippen LogP contribution is 2.32. The molecule has 0 aromatic carbocycles. The van der Waals surface area contributed by atoms with Gasteiger partial charge in [-0.25, -0.2) is 0 Å². The van der Waals surface area contributed by atoms with Crippen molar-refractivity contribution in [3.8, 4) is 0 Å². The van der Waals surface area contributed by atoms with E-state index in [1.807, 2.05) is 0 Å². The molecule has 2 unspecified atom stereocenters.